The molecule has 0 aromatic heterocycles. The van der Waals surface area contributed by atoms with Crippen molar-refractivity contribution in [2.45, 2.75) is 60.5 Å². The minimum Gasteiger partial charge on any atom is -0.465 e. The SMILES string of the molecule is CCOC(=O)[C@@H]1C(=O)OC(C)(C)[C@@H]1[C@@H](CC)C(=O)c1c(C)cc(C)cc1C. The Morgan fingerprint density at radius 2 is 1.70 bits per heavy atom. The normalized spacial score (nSPS) is 22.3. The Balaban J connectivity index is 2.51. The molecule has 3 atom stereocenters. The van der Waals surface area contributed by atoms with Crippen molar-refractivity contribution in [1.29, 1.82) is 0 Å². The molecule has 5 nitrogen and oxygen atoms in total. The lowest BCUT2D eigenvalue weighted by Gasteiger charge is -2.32. The maximum Gasteiger partial charge on any atom is 0.321 e. The second-order valence-electron chi connectivity index (χ2n) is 7.93. The van der Waals surface area contributed by atoms with Gasteiger partial charge in [-0.25, -0.2) is 0 Å². The van der Waals surface area contributed by atoms with E-state index in [4.69, 9.17) is 9.47 Å². The van der Waals surface area contributed by atoms with Crippen molar-refractivity contribution in [3.8, 4) is 0 Å². The molecule has 0 aliphatic carbocycles. The van der Waals surface area contributed by atoms with Crippen LogP contribution in [0.1, 0.15) is 61.2 Å². The van der Waals surface area contributed by atoms with E-state index in [-0.39, 0.29) is 12.4 Å². The zero-order chi connectivity index (χ0) is 20.5. The summed E-state index contributed by atoms with van der Waals surface area (Å²) in [7, 11) is 0. The Morgan fingerprint density at radius 3 is 2.19 bits per heavy atom. The summed E-state index contributed by atoms with van der Waals surface area (Å²) in [5.41, 5.74) is 2.67. The Kier molecular flexibility index (Phi) is 6.13. The van der Waals surface area contributed by atoms with Crippen molar-refractivity contribution in [2.75, 3.05) is 6.61 Å². The first-order valence-electron chi connectivity index (χ1n) is 9.56. The molecule has 0 amide bonds. The van der Waals surface area contributed by atoms with Gasteiger partial charge in [-0.1, -0.05) is 24.6 Å². The maximum absolute atomic E-state index is 13.5. The quantitative estimate of drug-likeness (QED) is 0.428. The van der Waals surface area contributed by atoms with Crippen LogP contribution in [0.2, 0.25) is 0 Å². The smallest absolute Gasteiger partial charge is 0.321 e. The Hall–Kier alpha value is -2.17. The highest BCUT2D eigenvalue weighted by molar-refractivity contribution is 6.03. The van der Waals surface area contributed by atoms with Gasteiger partial charge in [-0.05, 0) is 59.1 Å². The summed E-state index contributed by atoms with van der Waals surface area (Å²) in [6.45, 7) is 13.1. The number of esters is 2. The number of ether oxygens (including phenoxy) is 2. The first kappa shape index (κ1) is 21.1. The number of cyclic esters (lactones) is 1. The average molecular weight is 374 g/mol. The van der Waals surface area contributed by atoms with Crippen molar-refractivity contribution in [3.63, 3.8) is 0 Å². The van der Waals surface area contributed by atoms with E-state index in [2.05, 4.69) is 0 Å². The standard InChI is InChI=1S/C22H30O5/c1-8-15(19(23)16-13(4)10-12(3)11-14(16)5)18-17(20(24)26-9-2)21(25)27-22(18,6)7/h10-11,15,17-18H,8-9H2,1-7H3/t15-,17-,18-/m1/s1. The number of hydrogen-bond acceptors (Lipinski definition) is 5. The molecule has 148 valence electrons. The molecule has 0 bridgehead atoms. The summed E-state index contributed by atoms with van der Waals surface area (Å²) < 4.78 is 10.6. The molecule has 0 saturated carbocycles. The lowest BCUT2D eigenvalue weighted by atomic mass is 9.69. The number of benzene rings is 1. The van der Waals surface area contributed by atoms with Crippen LogP contribution in [0.3, 0.4) is 0 Å². The van der Waals surface area contributed by atoms with Gasteiger partial charge in [0, 0.05) is 17.4 Å². The maximum atomic E-state index is 13.5. The molecule has 0 spiro atoms. The summed E-state index contributed by atoms with van der Waals surface area (Å²) in [5.74, 6) is -3.41. The molecule has 1 fully saturated rings. The van der Waals surface area contributed by atoms with Crippen LogP contribution in [-0.2, 0) is 19.1 Å². The molecule has 1 aromatic rings. The second-order valence-corrected chi connectivity index (χ2v) is 7.93. The molecule has 1 aliphatic rings. The topological polar surface area (TPSA) is 69.7 Å². The van der Waals surface area contributed by atoms with E-state index in [0.717, 1.165) is 16.7 Å². The van der Waals surface area contributed by atoms with E-state index in [9.17, 15) is 14.4 Å². The largest absolute Gasteiger partial charge is 0.465 e. The third-order valence-electron chi connectivity index (χ3n) is 5.45. The minimum atomic E-state index is -1.07. The number of hydrogen-bond donors (Lipinski definition) is 0. The number of ketones is 1. The fraction of sp³-hybridized carbons (Fsp3) is 0.591. The zero-order valence-electron chi connectivity index (χ0n) is 17.3. The second kappa shape index (κ2) is 7.83. The van der Waals surface area contributed by atoms with Gasteiger partial charge in [0.15, 0.2) is 11.7 Å². The van der Waals surface area contributed by atoms with Crippen molar-refractivity contribution in [1.82, 2.24) is 0 Å². The fourth-order valence-electron chi connectivity index (χ4n) is 4.49. The predicted molar refractivity (Wildman–Crippen MR) is 103 cm³/mol. The highest BCUT2D eigenvalue weighted by atomic mass is 16.6. The minimum absolute atomic E-state index is 0.0434. The number of aryl methyl sites for hydroxylation is 3. The molecule has 1 aliphatic heterocycles. The monoisotopic (exact) mass is 374 g/mol. The van der Waals surface area contributed by atoms with E-state index >= 15 is 0 Å². The van der Waals surface area contributed by atoms with E-state index in [1.807, 2.05) is 39.8 Å². The van der Waals surface area contributed by atoms with Gasteiger partial charge in [-0.3, -0.25) is 14.4 Å². The van der Waals surface area contributed by atoms with Crippen LogP contribution in [0.4, 0.5) is 0 Å². The van der Waals surface area contributed by atoms with Crippen molar-refractivity contribution in [2.24, 2.45) is 17.8 Å². The Morgan fingerprint density at radius 1 is 1.15 bits per heavy atom. The summed E-state index contributed by atoms with van der Waals surface area (Å²) in [6, 6.07) is 3.97. The lowest BCUT2D eigenvalue weighted by molar-refractivity contribution is -0.157. The highest BCUT2D eigenvalue weighted by Gasteiger charge is 2.58. The van der Waals surface area contributed by atoms with Crippen LogP contribution in [0.5, 0.6) is 0 Å². The Bertz CT molecular complexity index is 739. The third kappa shape index (κ3) is 3.92. The lowest BCUT2D eigenvalue weighted by Crippen LogP contribution is -2.42. The molecule has 0 unspecified atom stereocenters. The Labute approximate surface area is 161 Å². The van der Waals surface area contributed by atoms with Crippen molar-refractivity contribution in [3.05, 3.63) is 34.4 Å². The van der Waals surface area contributed by atoms with Gasteiger partial charge in [0.05, 0.1) is 6.61 Å². The van der Waals surface area contributed by atoms with Gasteiger partial charge in [0.25, 0.3) is 0 Å². The van der Waals surface area contributed by atoms with Crippen LogP contribution in [0, 0.1) is 38.5 Å². The van der Waals surface area contributed by atoms with E-state index in [1.165, 1.54) is 0 Å². The molecule has 0 N–H and O–H groups in total. The molecule has 1 heterocycles. The molecule has 1 aromatic carbocycles. The molecule has 27 heavy (non-hydrogen) atoms. The highest BCUT2D eigenvalue weighted by Crippen LogP contribution is 2.45. The molecule has 2 rings (SSSR count). The zero-order valence-corrected chi connectivity index (χ0v) is 17.3. The summed E-state index contributed by atoms with van der Waals surface area (Å²) in [4.78, 5) is 38.4. The van der Waals surface area contributed by atoms with Crippen LogP contribution in [-0.4, -0.2) is 29.9 Å². The molecular weight excluding hydrogens is 344 g/mol. The number of carbonyl (C=O) groups is 3. The average Bonchev–Trinajstić information content (AvgIpc) is 2.76. The summed E-state index contributed by atoms with van der Waals surface area (Å²) in [6.07, 6.45) is 0.506. The van der Waals surface area contributed by atoms with Crippen LogP contribution >= 0.6 is 0 Å². The molecule has 0 radical (unpaired) electrons. The summed E-state index contributed by atoms with van der Waals surface area (Å²) in [5, 5.41) is 0. The molecule has 1 saturated heterocycles. The molecule has 5 heteroatoms. The van der Waals surface area contributed by atoms with Gasteiger partial charge >= 0.3 is 11.9 Å². The molecular formula is C22H30O5. The van der Waals surface area contributed by atoms with Crippen molar-refractivity contribution < 1.29 is 23.9 Å². The van der Waals surface area contributed by atoms with Crippen LogP contribution in [0.25, 0.3) is 0 Å². The first-order valence-corrected chi connectivity index (χ1v) is 9.56. The summed E-state index contributed by atoms with van der Waals surface area (Å²) >= 11 is 0. The first-order chi connectivity index (χ1) is 12.5. The van der Waals surface area contributed by atoms with Crippen LogP contribution < -0.4 is 0 Å². The van der Waals surface area contributed by atoms with Gasteiger partial charge in [0.2, 0.25) is 0 Å². The number of Topliss-reactive ketones (excluding diaryl/α,β-unsaturated/α-hetero) is 1. The van der Waals surface area contributed by atoms with E-state index in [0.29, 0.717) is 12.0 Å². The van der Waals surface area contributed by atoms with Crippen LogP contribution in [0.15, 0.2) is 12.1 Å². The number of rotatable bonds is 6. The van der Waals surface area contributed by atoms with Gasteiger partial charge in [-0.15, -0.1) is 0 Å². The third-order valence-corrected chi connectivity index (χ3v) is 5.45. The fourth-order valence-corrected chi connectivity index (χ4v) is 4.49. The van der Waals surface area contributed by atoms with E-state index in [1.54, 1.807) is 20.8 Å². The van der Waals surface area contributed by atoms with E-state index < -0.39 is 35.3 Å². The van der Waals surface area contributed by atoms with Gasteiger partial charge < -0.3 is 9.47 Å². The van der Waals surface area contributed by atoms with Gasteiger partial charge in [0.1, 0.15) is 5.60 Å². The number of carbonyl (C=O) groups excluding carboxylic acids is 3. The predicted octanol–water partition coefficient (Wildman–Crippen LogP) is 3.95. The van der Waals surface area contributed by atoms with Crippen molar-refractivity contribution >= 4 is 17.7 Å². The van der Waals surface area contributed by atoms with Gasteiger partial charge in [-0.2, -0.15) is 0 Å².